The number of aryl methyl sites for hydroxylation is 1. The van der Waals surface area contributed by atoms with Gasteiger partial charge in [0.15, 0.2) is 0 Å². The van der Waals surface area contributed by atoms with E-state index < -0.39 is 25.5 Å². The molecule has 0 saturated carbocycles. The quantitative estimate of drug-likeness (QED) is 0.123. The minimum atomic E-state index is -4.82. The van der Waals surface area contributed by atoms with Gasteiger partial charge < -0.3 is 10.0 Å². The van der Waals surface area contributed by atoms with E-state index in [2.05, 4.69) is 25.7 Å². The van der Waals surface area contributed by atoms with Gasteiger partial charge in [-0.15, -0.1) is 0 Å². The average molecular weight is 678 g/mol. The van der Waals surface area contributed by atoms with Gasteiger partial charge in [0.2, 0.25) is 0 Å². The topological polar surface area (TPSA) is 167 Å². The first-order chi connectivity index (χ1) is 22.3. The van der Waals surface area contributed by atoms with Gasteiger partial charge in [-0.1, -0.05) is 6.07 Å². The number of methoxy groups -OCH3 is 1. The molecule has 0 bridgehead atoms. The summed E-state index contributed by atoms with van der Waals surface area (Å²) in [5.41, 5.74) is 2.08. The molecule has 1 amide bonds. The molecule has 0 spiro atoms. The number of fused-ring (bicyclic) bond motifs is 1. The number of anilines is 4. The van der Waals surface area contributed by atoms with Crippen LogP contribution in [-0.2, 0) is 30.0 Å². The third kappa shape index (κ3) is 7.63. The van der Waals surface area contributed by atoms with Crippen molar-refractivity contribution in [2.75, 3.05) is 38.0 Å². The number of hydrogen-bond donors (Lipinski definition) is 5. The summed E-state index contributed by atoms with van der Waals surface area (Å²) in [6.45, 7) is 2.52. The number of amides is 1. The van der Waals surface area contributed by atoms with Crippen LogP contribution in [0.5, 0.6) is 5.75 Å². The van der Waals surface area contributed by atoms with Crippen LogP contribution < -0.4 is 15.4 Å². The van der Waals surface area contributed by atoms with Crippen molar-refractivity contribution in [2.24, 2.45) is 0 Å². The minimum absolute atomic E-state index is 0.0102. The Labute approximate surface area is 268 Å². The Morgan fingerprint density at radius 2 is 1.87 bits per heavy atom. The Morgan fingerprint density at radius 1 is 1.11 bits per heavy atom. The summed E-state index contributed by atoms with van der Waals surface area (Å²) < 4.78 is 54.6. The van der Waals surface area contributed by atoms with Crippen molar-refractivity contribution in [3.8, 4) is 16.9 Å². The molecule has 5 rings (SSSR count). The standard InChI is InChI=1S/C30H35F3N7O6P/c1-4-46-47(43,44)17-18-6-8-23(25(12-18)45-3)37-29-34-14-22(30(31,32)33)27(38-29)36-24-9-7-20(21-16-39(2)28(42)26(21)24)19-13-35-40(15-19)10-5-11-41/h6-9,12-15,41,43-44,47H,4-5,10-11,16-17H2,1-3H3,(H2,34,36,37,38). The van der Waals surface area contributed by atoms with E-state index >= 15 is 0 Å². The fourth-order valence-electron chi connectivity index (χ4n) is 5.28. The van der Waals surface area contributed by atoms with E-state index in [0.29, 0.717) is 41.5 Å². The van der Waals surface area contributed by atoms with Crippen LogP contribution in [0.3, 0.4) is 0 Å². The fourth-order valence-corrected chi connectivity index (χ4v) is 6.59. The van der Waals surface area contributed by atoms with Gasteiger partial charge in [0.1, 0.15) is 0 Å². The number of hydrogen-bond acceptors (Lipinski definition) is 11. The van der Waals surface area contributed by atoms with Crippen LogP contribution in [0.15, 0.2) is 48.9 Å². The Hall–Kier alpha value is -4.34. The van der Waals surface area contributed by atoms with Crippen molar-refractivity contribution in [2.45, 2.75) is 38.8 Å². The molecule has 2 aromatic heterocycles. The summed E-state index contributed by atoms with van der Waals surface area (Å²) in [7, 11) is -0.951. The van der Waals surface area contributed by atoms with E-state index in [0.717, 1.165) is 5.56 Å². The van der Waals surface area contributed by atoms with Gasteiger partial charge in [-0.25, -0.2) is 0 Å². The zero-order valence-electron chi connectivity index (χ0n) is 25.8. The van der Waals surface area contributed by atoms with Crippen LogP contribution in [0.25, 0.3) is 11.1 Å². The second kappa shape index (κ2) is 13.8. The van der Waals surface area contributed by atoms with Crippen LogP contribution in [-0.4, -0.2) is 72.8 Å². The summed E-state index contributed by atoms with van der Waals surface area (Å²) in [6, 6.07) is 7.92. The average Bonchev–Trinajstić information content (AvgIpc) is 3.60. The van der Waals surface area contributed by atoms with Crippen LogP contribution in [0.4, 0.5) is 36.3 Å². The van der Waals surface area contributed by atoms with Crippen molar-refractivity contribution in [3.63, 3.8) is 0 Å². The summed E-state index contributed by atoms with van der Waals surface area (Å²) in [5, 5.41) is 19.0. The molecule has 0 radical (unpaired) electrons. The van der Waals surface area contributed by atoms with Crippen molar-refractivity contribution in [1.29, 1.82) is 0 Å². The zero-order valence-corrected chi connectivity index (χ0v) is 26.8. The number of nitrogens with one attached hydrogen (secondary N) is 2. The first-order valence-corrected chi connectivity index (χ1v) is 16.6. The van der Waals surface area contributed by atoms with Crippen molar-refractivity contribution in [1.82, 2.24) is 24.6 Å². The monoisotopic (exact) mass is 677 g/mol. The first kappa shape index (κ1) is 34.0. The Bertz CT molecular complexity index is 1770. The van der Waals surface area contributed by atoms with Gasteiger partial charge in [0.25, 0.3) is 5.91 Å². The summed E-state index contributed by atoms with van der Waals surface area (Å²) in [5.74, 6) is -0.887. The van der Waals surface area contributed by atoms with Crippen molar-refractivity contribution < 1.29 is 42.1 Å². The SMILES string of the molecule is CCO[PH](O)(O)Cc1ccc(Nc2ncc(C(F)(F)F)c(Nc3ccc(-c4cnn(CCCO)c4)c4c3C(=O)N(C)C4)n2)c(OC)c1. The van der Waals surface area contributed by atoms with Crippen LogP contribution in [0.2, 0.25) is 0 Å². The zero-order chi connectivity index (χ0) is 33.9. The molecular formula is C30H35F3N7O6P. The number of aromatic nitrogens is 4. The molecule has 2 aromatic carbocycles. The van der Waals surface area contributed by atoms with Crippen LogP contribution in [0, 0.1) is 0 Å². The van der Waals surface area contributed by atoms with Crippen LogP contribution in [0.1, 0.15) is 40.4 Å². The van der Waals surface area contributed by atoms with E-state index in [1.165, 1.54) is 18.1 Å². The third-order valence-electron chi connectivity index (χ3n) is 7.43. The Kier molecular flexibility index (Phi) is 9.98. The van der Waals surface area contributed by atoms with Gasteiger partial charge in [-0.05, 0) is 17.5 Å². The van der Waals surface area contributed by atoms with E-state index in [1.54, 1.807) is 55.3 Å². The number of nitrogens with zero attached hydrogens (tertiary/aromatic N) is 5. The number of alkyl halides is 3. The molecule has 47 heavy (non-hydrogen) atoms. The Morgan fingerprint density at radius 3 is 2.57 bits per heavy atom. The first-order valence-electron chi connectivity index (χ1n) is 14.6. The molecule has 0 fully saturated rings. The van der Waals surface area contributed by atoms with E-state index in [4.69, 9.17) is 14.4 Å². The molecule has 1 aliphatic heterocycles. The predicted molar refractivity (Wildman–Crippen MR) is 170 cm³/mol. The second-order valence-corrected chi connectivity index (χ2v) is 13.0. The molecule has 0 unspecified atom stereocenters. The van der Waals surface area contributed by atoms with Gasteiger partial charge in [-0.2, -0.15) is 5.10 Å². The number of carbonyl (C=O) groups excluding carboxylic acids is 1. The molecule has 13 nitrogen and oxygen atoms in total. The predicted octanol–water partition coefficient (Wildman–Crippen LogP) is 4.84. The Balaban J connectivity index is 1.48. The molecule has 1 aliphatic rings. The number of aliphatic hydroxyl groups is 1. The molecule has 5 N–H and O–H groups in total. The molecule has 4 aromatic rings. The number of rotatable bonds is 13. The number of ether oxygens (including phenoxy) is 1. The molecule has 0 atom stereocenters. The molecule has 0 aliphatic carbocycles. The second-order valence-electron chi connectivity index (χ2n) is 10.8. The number of benzene rings is 2. The summed E-state index contributed by atoms with van der Waals surface area (Å²) in [4.78, 5) is 43.0. The molecular weight excluding hydrogens is 642 g/mol. The number of carbonyl (C=O) groups is 1. The fraction of sp³-hybridized carbons (Fsp3) is 0.333. The normalized spacial score (nSPS) is 13.6. The molecule has 17 heteroatoms. The van der Waals surface area contributed by atoms with Gasteiger partial charge >= 0.3 is 170 Å². The van der Waals surface area contributed by atoms with Gasteiger partial charge in [-0.3, -0.25) is 9.48 Å². The van der Waals surface area contributed by atoms with Crippen LogP contribution >= 0.6 is 7.94 Å². The van der Waals surface area contributed by atoms with E-state index in [9.17, 15) is 27.8 Å². The van der Waals surface area contributed by atoms with Gasteiger partial charge in [0, 0.05) is 38.5 Å². The maximum atomic E-state index is 14.1. The number of aliphatic hydroxyl groups excluding tert-OH is 1. The summed E-state index contributed by atoms with van der Waals surface area (Å²) in [6.07, 6.45) is -0.371. The van der Waals surface area contributed by atoms with Crippen molar-refractivity contribution >= 4 is 37.0 Å². The third-order valence-corrected chi connectivity index (χ3v) is 9.05. The summed E-state index contributed by atoms with van der Waals surface area (Å²) >= 11 is 0. The van der Waals surface area contributed by atoms with Crippen molar-refractivity contribution in [3.05, 3.63) is 71.2 Å². The molecule has 0 saturated heterocycles. The molecule has 3 heterocycles. The van der Waals surface area contributed by atoms with E-state index in [-0.39, 0.29) is 54.8 Å². The molecule has 252 valence electrons. The van der Waals surface area contributed by atoms with Gasteiger partial charge in [0.05, 0.1) is 6.20 Å². The number of halogens is 3. The maximum absolute atomic E-state index is 14.1. The van der Waals surface area contributed by atoms with E-state index in [1.807, 2.05) is 0 Å².